The van der Waals surface area contributed by atoms with E-state index in [1.165, 1.54) is 19.2 Å². The van der Waals surface area contributed by atoms with Gasteiger partial charge in [-0.3, -0.25) is 0 Å². The van der Waals surface area contributed by atoms with E-state index in [-0.39, 0.29) is 5.75 Å². The Morgan fingerprint density at radius 3 is 2.61 bits per heavy atom. The molecule has 100 valence electrons. The molecule has 5 heteroatoms. The molecule has 0 atom stereocenters. The van der Waals surface area contributed by atoms with Crippen molar-refractivity contribution in [3.63, 3.8) is 0 Å². The Labute approximate surface area is 104 Å². The van der Waals surface area contributed by atoms with Gasteiger partial charge in [-0.1, -0.05) is 18.2 Å². The summed E-state index contributed by atoms with van der Waals surface area (Å²) in [7, 11) is 3.08. The quantitative estimate of drug-likeness (QED) is 0.819. The van der Waals surface area contributed by atoms with Crippen LogP contribution >= 0.6 is 0 Å². The predicted octanol–water partition coefficient (Wildman–Crippen LogP) is 3.34. The molecule has 0 spiro atoms. The third kappa shape index (κ3) is 4.07. The number of hydrogen-bond donors (Lipinski definition) is 1. The molecule has 0 saturated heterocycles. The van der Waals surface area contributed by atoms with E-state index >= 15 is 0 Å². The summed E-state index contributed by atoms with van der Waals surface area (Å²) in [6.45, 7) is 0.828. The molecular formula is C13H16F3NO. The molecule has 1 N–H and O–H groups in total. The molecule has 0 bridgehead atoms. The Balaban J connectivity index is 2.89. The first kappa shape index (κ1) is 14.6. The van der Waals surface area contributed by atoms with Gasteiger partial charge < -0.3 is 10.1 Å². The van der Waals surface area contributed by atoms with Crippen LogP contribution < -0.4 is 10.1 Å². The summed E-state index contributed by atoms with van der Waals surface area (Å²) in [5, 5.41) is 2.98. The van der Waals surface area contributed by atoms with E-state index in [1.54, 1.807) is 6.08 Å². The number of ether oxygens (including phenoxy) is 1. The summed E-state index contributed by atoms with van der Waals surface area (Å²) in [5.74, 6) is -0.154. The maximum absolute atomic E-state index is 12.6. The van der Waals surface area contributed by atoms with Crippen LogP contribution in [0.5, 0.6) is 5.75 Å². The third-order valence-corrected chi connectivity index (χ3v) is 2.40. The summed E-state index contributed by atoms with van der Waals surface area (Å²) in [5.41, 5.74) is -0.0617. The van der Waals surface area contributed by atoms with Crippen molar-refractivity contribution in [3.8, 4) is 5.75 Å². The smallest absolute Gasteiger partial charge is 0.419 e. The molecule has 2 nitrogen and oxygen atoms in total. The van der Waals surface area contributed by atoms with E-state index in [9.17, 15) is 13.2 Å². The fraction of sp³-hybridized carbons (Fsp3) is 0.385. The summed E-state index contributed by atoms with van der Waals surface area (Å²) in [6, 6.07) is 3.86. The molecule has 1 rings (SSSR count). The molecule has 0 amide bonds. The standard InChI is InChI=1S/C13H16F3NO/c1-17-8-4-3-5-10-6-7-11(13(14,15)16)12(9-10)18-2/h3,5-7,9,17H,4,8H2,1-2H3. The second kappa shape index (κ2) is 6.44. The molecule has 0 fully saturated rings. The summed E-state index contributed by atoms with van der Waals surface area (Å²) in [4.78, 5) is 0. The second-order valence-corrected chi connectivity index (χ2v) is 3.75. The number of benzene rings is 1. The first-order valence-electron chi connectivity index (χ1n) is 5.55. The average molecular weight is 259 g/mol. The van der Waals surface area contributed by atoms with Gasteiger partial charge in [0, 0.05) is 0 Å². The minimum atomic E-state index is -4.39. The van der Waals surface area contributed by atoms with Crippen molar-refractivity contribution in [1.29, 1.82) is 0 Å². The van der Waals surface area contributed by atoms with Crippen LogP contribution in [-0.4, -0.2) is 20.7 Å². The van der Waals surface area contributed by atoms with E-state index in [4.69, 9.17) is 4.74 Å². The molecular weight excluding hydrogens is 243 g/mol. The zero-order valence-corrected chi connectivity index (χ0v) is 10.3. The van der Waals surface area contributed by atoms with Gasteiger partial charge in [-0.2, -0.15) is 13.2 Å². The number of alkyl halides is 3. The lowest BCUT2D eigenvalue weighted by atomic mass is 10.1. The van der Waals surface area contributed by atoms with Crippen molar-refractivity contribution >= 4 is 6.08 Å². The summed E-state index contributed by atoms with van der Waals surface area (Å²) in [6.07, 6.45) is 0.109. The van der Waals surface area contributed by atoms with Crippen LogP contribution in [0.3, 0.4) is 0 Å². The molecule has 0 aliphatic carbocycles. The molecule has 0 aliphatic heterocycles. The van der Waals surface area contributed by atoms with Gasteiger partial charge in [0.25, 0.3) is 0 Å². The zero-order chi connectivity index (χ0) is 13.6. The van der Waals surface area contributed by atoms with Gasteiger partial charge in [-0.05, 0) is 37.7 Å². The molecule has 0 radical (unpaired) electrons. The van der Waals surface area contributed by atoms with Gasteiger partial charge in [0.05, 0.1) is 12.7 Å². The molecule has 1 aromatic rings. The topological polar surface area (TPSA) is 21.3 Å². The van der Waals surface area contributed by atoms with Crippen LogP contribution in [0.25, 0.3) is 6.08 Å². The minimum absolute atomic E-state index is 0.154. The van der Waals surface area contributed by atoms with Gasteiger partial charge in [0.15, 0.2) is 0 Å². The monoisotopic (exact) mass is 259 g/mol. The Morgan fingerprint density at radius 1 is 1.33 bits per heavy atom. The van der Waals surface area contributed by atoms with Gasteiger partial charge >= 0.3 is 6.18 Å². The number of methoxy groups -OCH3 is 1. The highest BCUT2D eigenvalue weighted by Gasteiger charge is 2.34. The van der Waals surface area contributed by atoms with Gasteiger partial charge in [0.1, 0.15) is 5.75 Å². The normalized spacial score (nSPS) is 12.1. The number of hydrogen-bond acceptors (Lipinski definition) is 2. The molecule has 1 aromatic carbocycles. The number of nitrogens with one attached hydrogen (secondary N) is 1. The SMILES string of the molecule is CNCCC=Cc1ccc(C(F)(F)F)c(OC)c1. The fourth-order valence-corrected chi connectivity index (χ4v) is 1.49. The first-order chi connectivity index (χ1) is 8.49. The minimum Gasteiger partial charge on any atom is -0.496 e. The van der Waals surface area contributed by atoms with Crippen LogP contribution in [0.15, 0.2) is 24.3 Å². The third-order valence-electron chi connectivity index (χ3n) is 2.40. The molecule has 0 heterocycles. The maximum Gasteiger partial charge on any atom is 0.419 e. The largest absolute Gasteiger partial charge is 0.496 e. The molecule has 0 aromatic heterocycles. The zero-order valence-electron chi connectivity index (χ0n) is 10.3. The lowest BCUT2D eigenvalue weighted by Gasteiger charge is -2.12. The van der Waals surface area contributed by atoms with Crippen molar-refractivity contribution in [1.82, 2.24) is 5.32 Å². The van der Waals surface area contributed by atoms with Gasteiger partial charge in [-0.25, -0.2) is 0 Å². The van der Waals surface area contributed by atoms with E-state index in [0.29, 0.717) is 5.56 Å². The highest BCUT2D eigenvalue weighted by atomic mass is 19.4. The predicted molar refractivity (Wildman–Crippen MR) is 65.6 cm³/mol. The van der Waals surface area contributed by atoms with Crippen LogP contribution in [0.2, 0.25) is 0 Å². The van der Waals surface area contributed by atoms with Crippen molar-refractivity contribution in [3.05, 3.63) is 35.4 Å². The van der Waals surface area contributed by atoms with Crippen molar-refractivity contribution in [2.45, 2.75) is 12.6 Å². The van der Waals surface area contributed by atoms with E-state index in [0.717, 1.165) is 19.0 Å². The Hall–Kier alpha value is -1.49. The van der Waals surface area contributed by atoms with Crippen LogP contribution in [-0.2, 0) is 6.18 Å². The Morgan fingerprint density at radius 2 is 2.06 bits per heavy atom. The van der Waals surface area contributed by atoms with Crippen molar-refractivity contribution in [2.24, 2.45) is 0 Å². The van der Waals surface area contributed by atoms with Crippen LogP contribution in [0.4, 0.5) is 13.2 Å². The van der Waals surface area contributed by atoms with Crippen molar-refractivity contribution in [2.75, 3.05) is 20.7 Å². The molecule has 0 unspecified atom stereocenters. The van der Waals surface area contributed by atoms with Crippen LogP contribution in [0.1, 0.15) is 17.5 Å². The summed E-state index contributed by atoms with van der Waals surface area (Å²) < 4.78 is 42.6. The highest BCUT2D eigenvalue weighted by Crippen LogP contribution is 2.36. The van der Waals surface area contributed by atoms with E-state index in [2.05, 4.69) is 5.32 Å². The fourth-order valence-electron chi connectivity index (χ4n) is 1.49. The maximum atomic E-state index is 12.6. The van der Waals surface area contributed by atoms with Crippen LogP contribution in [0, 0.1) is 0 Å². The highest BCUT2D eigenvalue weighted by molar-refractivity contribution is 5.54. The number of rotatable bonds is 5. The number of halogens is 3. The van der Waals surface area contributed by atoms with Gasteiger partial charge in [0.2, 0.25) is 0 Å². The first-order valence-corrected chi connectivity index (χ1v) is 5.55. The van der Waals surface area contributed by atoms with Gasteiger partial charge in [-0.15, -0.1) is 0 Å². The molecule has 0 aliphatic rings. The average Bonchev–Trinajstić information content (AvgIpc) is 2.33. The van der Waals surface area contributed by atoms with E-state index in [1.807, 2.05) is 13.1 Å². The molecule has 18 heavy (non-hydrogen) atoms. The van der Waals surface area contributed by atoms with E-state index < -0.39 is 11.7 Å². The second-order valence-electron chi connectivity index (χ2n) is 3.75. The Bertz CT molecular complexity index is 413. The van der Waals surface area contributed by atoms with Crippen molar-refractivity contribution < 1.29 is 17.9 Å². The lowest BCUT2D eigenvalue weighted by molar-refractivity contribution is -0.138. The Kier molecular flexibility index (Phi) is 5.22. The lowest BCUT2D eigenvalue weighted by Crippen LogP contribution is -2.07. The molecule has 0 saturated carbocycles. The summed E-state index contributed by atoms with van der Waals surface area (Å²) >= 11 is 0.